The van der Waals surface area contributed by atoms with Gasteiger partial charge in [-0.1, -0.05) is 54.1 Å². The molecule has 1 heterocycles. The molecule has 0 aliphatic carbocycles. The highest BCUT2D eigenvalue weighted by Crippen LogP contribution is 2.30. The molecular weight excluding hydrogens is 348 g/mol. The number of ketones is 1. The number of anilines is 1. The van der Waals surface area contributed by atoms with Crippen molar-refractivity contribution >= 4 is 29.0 Å². The van der Waals surface area contributed by atoms with E-state index in [2.05, 4.69) is 10.3 Å². The fraction of sp³-hybridized carbons (Fsp3) is 0.0952. The molecule has 0 atom stereocenters. The second kappa shape index (κ2) is 7.93. The summed E-state index contributed by atoms with van der Waals surface area (Å²) < 4.78 is 0. The molecule has 0 fully saturated rings. The lowest BCUT2D eigenvalue weighted by molar-refractivity contribution is -0.116. The molecule has 1 aromatic heterocycles. The van der Waals surface area contributed by atoms with Crippen molar-refractivity contribution in [1.29, 1.82) is 0 Å². The Kier molecular flexibility index (Phi) is 5.44. The topological polar surface area (TPSA) is 59.1 Å². The summed E-state index contributed by atoms with van der Waals surface area (Å²) in [7, 11) is 0. The van der Waals surface area contributed by atoms with Gasteiger partial charge < -0.3 is 5.32 Å². The molecule has 1 amide bonds. The van der Waals surface area contributed by atoms with Gasteiger partial charge in [0, 0.05) is 23.9 Å². The predicted octanol–water partition coefficient (Wildman–Crippen LogP) is 4.79. The maximum absolute atomic E-state index is 12.6. The Morgan fingerprint density at radius 1 is 1.04 bits per heavy atom. The molecule has 3 aromatic rings. The first-order valence-corrected chi connectivity index (χ1v) is 8.52. The van der Waals surface area contributed by atoms with E-state index in [-0.39, 0.29) is 16.8 Å². The molecule has 0 saturated heterocycles. The van der Waals surface area contributed by atoms with Crippen molar-refractivity contribution in [2.24, 2.45) is 0 Å². The van der Waals surface area contributed by atoms with Gasteiger partial charge in [0.15, 0.2) is 0 Å². The van der Waals surface area contributed by atoms with Crippen LogP contribution in [0.3, 0.4) is 0 Å². The fourth-order valence-electron chi connectivity index (χ4n) is 2.71. The number of aromatic nitrogens is 1. The van der Waals surface area contributed by atoms with Crippen LogP contribution in [-0.2, 0) is 11.2 Å². The van der Waals surface area contributed by atoms with Gasteiger partial charge in [-0.15, -0.1) is 0 Å². The van der Waals surface area contributed by atoms with E-state index in [1.54, 1.807) is 19.1 Å². The maximum Gasteiger partial charge on any atom is 0.258 e. The van der Waals surface area contributed by atoms with Gasteiger partial charge in [-0.25, -0.2) is 4.98 Å². The third-order valence-corrected chi connectivity index (χ3v) is 4.17. The molecule has 130 valence electrons. The number of hydrogen-bond donors (Lipinski definition) is 1. The minimum Gasteiger partial charge on any atom is -0.321 e. The summed E-state index contributed by atoms with van der Waals surface area (Å²) in [6.07, 6.45) is 1.84. The first-order valence-electron chi connectivity index (χ1n) is 8.14. The molecule has 3 rings (SSSR count). The predicted molar refractivity (Wildman–Crippen MR) is 103 cm³/mol. The lowest BCUT2D eigenvalue weighted by Gasteiger charge is -2.14. The van der Waals surface area contributed by atoms with Crippen LogP contribution in [0.1, 0.15) is 22.8 Å². The highest BCUT2D eigenvalue weighted by molar-refractivity contribution is 6.33. The Bertz CT molecular complexity index is 955. The van der Waals surface area contributed by atoms with Gasteiger partial charge in [0.1, 0.15) is 10.9 Å². The van der Waals surface area contributed by atoms with Crippen molar-refractivity contribution < 1.29 is 9.59 Å². The summed E-state index contributed by atoms with van der Waals surface area (Å²) in [6.45, 7) is 1.54. The monoisotopic (exact) mass is 364 g/mol. The summed E-state index contributed by atoms with van der Waals surface area (Å²) in [6, 6.07) is 18.6. The number of amides is 1. The number of nitrogens with zero attached hydrogens (tertiary/aromatic N) is 1. The quantitative estimate of drug-likeness (QED) is 0.662. The molecule has 0 saturated carbocycles. The minimum atomic E-state index is -0.347. The van der Waals surface area contributed by atoms with E-state index < -0.39 is 0 Å². The molecule has 0 radical (unpaired) electrons. The molecule has 26 heavy (non-hydrogen) atoms. The first-order chi connectivity index (χ1) is 12.5. The first kappa shape index (κ1) is 17.8. The summed E-state index contributed by atoms with van der Waals surface area (Å²) in [5.74, 6) is -0.287. The van der Waals surface area contributed by atoms with Crippen LogP contribution < -0.4 is 5.32 Å². The zero-order valence-corrected chi connectivity index (χ0v) is 15.0. The Hall–Kier alpha value is -2.98. The van der Waals surface area contributed by atoms with Crippen molar-refractivity contribution in [2.45, 2.75) is 13.3 Å². The van der Waals surface area contributed by atoms with E-state index in [9.17, 15) is 9.59 Å². The zero-order chi connectivity index (χ0) is 18.5. The third-order valence-electron chi connectivity index (χ3n) is 3.87. The van der Waals surface area contributed by atoms with E-state index in [1.807, 2.05) is 48.5 Å². The van der Waals surface area contributed by atoms with Crippen molar-refractivity contribution in [3.05, 3.63) is 83.1 Å². The fourth-order valence-corrected chi connectivity index (χ4v) is 2.91. The van der Waals surface area contributed by atoms with E-state index in [0.717, 1.165) is 16.7 Å². The summed E-state index contributed by atoms with van der Waals surface area (Å²) in [5.41, 5.74) is 3.59. The number of carbonyl (C=O) groups is 2. The molecule has 0 spiro atoms. The molecule has 5 heteroatoms. The number of halogens is 1. The van der Waals surface area contributed by atoms with Crippen LogP contribution in [0.5, 0.6) is 0 Å². The zero-order valence-electron chi connectivity index (χ0n) is 14.2. The number of carbonyl (C=O) groups excluding carboxylic acids is 2. The third kappa shape index (κ3) is 4.16. The molecule has 0 bridgehead atoms. The molecule has 0 unspecified atom stereocenters. The van der Waals surface area contributed by atoms with Crippen LogP contribution in [0.15, 0.2) is 66.9 Å². The molecule has 0 aliphatic heterocycles. The molecule has 2 aromatic carbocycles. The second-order valence-electron chi connectivity index (χ2n) is 5.92. The van der Waals surface area contributed by atoms with Gasteiger partial charge in [-0.3, -0.25) is 9.59 Å². The van der Waals surface area contributed by atoms with Crippen molar-refractivity contribution in [3.63, 3.8) is 0 Å². The van der Waals surface area contributed by atoms with E-state index in [4.69, 9.17) is 11.6 Å². The number of rotatable bonds is 5. The number of benzene rings is 2. The highest BCUT2D eigenvalue weighted by atomic mass is 35.5. The van der Waals surface area contributed by atoms with Crippen LogP contribution >= 0.6 is 11.6 Å². The average molecular weight is 365 g/mol. The number of nitrogens with one attached hydrogen (secondary N) is 1. The Labute approximate surface area is 156 Å². The molecule has 0 aliphatic rings. The van der Waals surface area contributed by atoms with Gasteiger partial charge in [0.2, 0.25) is 0 Å². The lowest BCUT2D eigenvalue weighted by atomic mass is 9.99. The van der Waals surface area contributed by atoms with Crippen molar-refractivity contribution in [3.8, 4) is 11.1 Å². The normalized spacial score (nSPS) is 10.4. The lowest BCUT2D eigenvalue weighted by Crippen LogP contribution is -2.14. The number of Topliss-reactive ketones (excluding diaryl/α,β-unsaturated/α-hetero) is 1. The van der Waals surface area contributed by atoms with E-state index in [1.165, 1.54) is 6.20 Å². The van der Waals surface area contributed by atoms with Gasteiger partial charge in [-0.2, -0.15) is 0 Å². The smallest absolute Gasteiger partial charge is 0.258 e. The summed E-state index contributed by atoms with van der Waals surface area (Å²) in [4.78, 5) is 28.0. The van der Waals surface area contributed by atoms with Crippen molar-refractivity contribution in [1.82, 2.24) is 4.98 Å². The standard InChI is InChI=1S/C21H17ClN2O2/c1-14(25)12-15-9-10-17(16-6-3-2-4-7-16)19(13-15)24-21(26)18-8-5-11-23-20(18)22/h2-11,13H,12H2,1H3,(H,24,26). The average Bonchev–Trinajstić information content (AvgIpc) is 2.62. The minimum absolute atomic E-state index is 0.0602. The largest absolute Gasteiger partial charge is 0.321 e. The van der Waals surface area contributed by atoms with Gasteiger partial charge in [0.25, 0.3) is 5.91 Å². The second-order valence-corrected chi connectivity index (χ2v) is 6.28. The SMILES string of the molecule is CC(=O)Cc1ccc(-c2ccccc2)c(NC(=O)c2cccnc2Cl)c1. The van der Waals surface area contributed by atoms with Crippen LogP contribution in [0.25, 0.3) is 11.1 Å². The Balaban J connectivity index is 2.01. The van der Waals surface area contributed by atoms with Gasteiger partial charge in [0.05, 0.1) is 5.56 Å². The van der Waals surface area contributed by atoms with Crippen LogP contribution in [0.2, 0.25) is 5.15 Å². The Morgan fingerprint density at radius 3 is 2.50 bits per heavy atom. The number of pyridine rings is 1. The van der Waals surface area contributed by atoms with E-state index >= 15 is 0 Å². The molecular formula is C21H17ClN2O2. The number of hydrogen-bond acceptors (Lipinski definition) is 3. The Morgan fingerprint density at radius 2 is 1.81 bits per heavy atom. The van der Waals surface area contributed by atoms with Crippen molar-refractivity contribution in [2.75, 3.05) is 5.32 Å². The van der Waals surface area contributed by atoms with Crippen LogP contribution in [-0.4, -0.2) is 16.7 Å². The summed E-state index contributed by atoms with van der Waals surface area (Å²) in [5, 5.41) is 3.05. The van der Waals surface area contributed by atoms with Crippen LogP contribution in [0.4, 0.5) is 5.69 Å². The maximum atomic E-state index is 12.6. The molecule has 4 nitrogen and oxygen atoms in total. The molecule has 1 N–H and O–H groups in total. The van der Waals surface area contributed by atoms with Crippen LogP contribution in [0, 0.1) is 0 Å². The van der Waals surface area contributed by atoms with E-state index in [0.29, 0.717) is 17.7 Å². The highest BCUT2D eigenvalue weighted by Gasteiger charge is 2.14. The summed E-state index contributed by atoms with van der Waals surface area (Å²) >= 11 is 6.03. The van der Waals surface area contributed by atoms with Gasteiger partial charge >= 0.3 is 0 Å². The van der Waals surface area contributed by atoms with Gasteiger partial charge in [-0.05, 0) is 36.2 Å².